The van der Waals surface area contributed by atoms with Crippen molar-refractivity contribution >= 4 is 5.97 Å². The lowest BCUT2D eigenvalue weighted by Gasteiger charge is -2.03. The van der Waals surface area contributed by atoms with Gasteiger partial charge in [-0.2, -0.15) is 0 Å². The molecule has 0 bridgehead atoms. The molecule has 0 heterocycles. The van der Waals surface area contributed by atoms with Gasteiger partial charge in [0.25, 0.3) is 0 Å². The molecule has 25 heavy (non-hydrogen) atoms. The zero-order chi connectivity index (χ0) is 18.2. The SMILES string of the molecule is CCCCCC(=O)OCC.c1ccc(COCc2ccccc2)cc1. The first-order chi connectivity index (χ1) is 12.3. The summed E-state index contributed by atoms with van der Waals surface area (Å²) in [7, 11) is 0. The molecule has 0 N–H and O–H groups in total. The molecule has 2 aromatic rings. The van der Waals surface area contributed by atoms with E-state index in [1.165, 1.54) is 11.1 Å². The number of carbonyl (C=O) groups excluding carboxylic acids is 1. The maximum absolute atomic E-state index is 10.7. The number of hydrogen-bond donors (Lipinski definition) is 0. The lowest BCUT2D eigenvalue weighted by molar-refractivity contribution is -0.143. The van der Waals surface area contributed by atoms with Crippen molar-refractivity contribution in [3.05, 3.63) is 71.8 Å². The van der Waals surface area contributed by atoms with Crippen molar-refractivity contribution in [2.24, 2.45) is 0 Å². The number of rotatable bonds is 9. The van der Waals surface area contributed by atoms with E-state index in [0.29, 0.717) is 26.2 Å². The van der Waals surface area contributed by atoms with Crippen molar-refractivity contribution in [2.75, 3.05) is 6.61 Å². The highest BCUT2D eigenvalue weighted by Gasteiger charge is 1.98. The molecule has 0 saturated heterocycles. The van der Waals surface area contributed by atoms with E-state index in [4.69, 9.17) is 9.47 Å². The summed E-state index contributed by atoms with van der Waals surface area (Å²) in [4.78, 5) is 10.7. The first kappa shape index (κ1) is 20.9. The number of hydrogen-bond acceptors (Lipinski definition) is 3. The summed E-state index contributed by atoms with van der Waals surface area (Å²) in [5, 5.41) is 0. The molecule has 0 aliphatic carbocycles. The van der Waals surface area contributed by atoms with Crippen LogP contribution in [-0.4, -0.2) is 12.6 Å². The zero-order valence-corrected chi connectivity index (χ0v) is 15.4. The monoisotopic (exact) mass is 342 g/mol. The quantitative estimate of drug-likeness (QED) is 0.444. The molecule has 0 spiro atoms. The molecule has 2 rings (SSSR count). The summed E-state index contributed by atoms with van der Waals surface area (Å²) in [5.41, 5.74) is 2.43. The topological polar surface area (TPSA) is 35.5 Å². The molecule has 3 heteroatoms. The largest absolute Gasteiger partial charge is 0.466 e. The van der Waals surface area contributed by atoms with Crippen LogP contribution in [0.15, 0.2) is 60.7 Å². The number of benzene rings is 2. The molecular weight excluding hydrogens is 312 g/mol. The molecule has 0 amide bonds. The van der Waals surface area contributed by atoms with Crippen LogP contribution in [0.5, 0.6) is 0 Å². The van der Waals surface area contributed by atoms with Crippen LogP contribution in [0.2, 0.25) is 0 Å². The molecule has 3 nitrogen and oxygen atoms in total. The fourth-order valence-corrected chi connectivity index (χ4v) is 2.19. The van der Waals surface area contributed by atoms with E-state index in [-0.39, 0.29) is 5.97 Å². The smallest absolute Gasteiger partial charge is 0.305 e. The van der Waals surface area contributed by atoms with Gasteiger partial charge in [0.1, 0.15) is 0 Å². The van der Waals surface area contributed by atoms with E-state index in [1.54, 1.807) is 0 Å². The third-order valence-corrected chi connectivity index (χ3v) is 3.51. The highest BCUT2D eigenvalue weighted by Crippen LogP contribution is 2.05. The van der Waals surface area contributed by atoms with E-state index in [2.05, 4.69) is 31.2 Å². The molecule has 0 aliphatic rings. The Bertz CT molecular complexity index is 512. The number of esters is 1. The fourth-order valence-electron chi connectivity index (χ4n) is 2.19. The predicted molar refractivity (Wildman–Crippen MR) is 102 cm³/mol. The van der Waals surface area contributed by atoms with Crippen LogP contribution in [0.3, 0.4) is 0 Å². The normalized spacial score (nSPS) is 9.84. The summed E-state index contributed by atoms with van der Waals surface area (Å²) >= 11 is 0. The van der Waals surface area contributed by atoms with Crippen molar-refractivity contribution in [2.45, 2.75) is 52.7 Å². The number of unbranched alkanes of at least 4 members (excludes halogenated alkanes) is 2. The predicted octanol–water partition coefficient (Wildman–Crippen LogP) is 5.53. The van der Waals surface area contributed by atoms with Crippen LogP contribution >= 0.6 is 0 Å². The number of carbonyl (C=O) groups is 1. The van der Waals surface area contributed by atoms with Gasteiger partial charge in [0.2, 0.25) is 0 Å². The standard InChI is InChI=1S/C14H14O.C8H16O2/c1-3-7-13(8-4-1)11-15-12-14-9-5-2-6-10-14;1-3-5-6-7-8(9)10-4-2/h1-10H,11-12H2;3-7H2,1-2H3. The second kappa shape index (κ2) is 14.2. The Balaban J connectivity index is 0.000000275. The Morgan fingerprint density at radius 1 is 0.800 bits per heavy atom. The van der Waals surface area contributed by atoms with Crippen LogP contribution in [0.1, 0.15) is 50.7 Å². The minimum atomic E-state index is -0.0593. The first-order valence-corrected chi connectivity index (χ1v) is 9.07. The van der Waals surface area contributed by atoms with Crippen LogP contribution in [-0.2, 0) is 27.5 Å². The lowest BCUT2D eigenvalue weighted by atomic mass is 10.2. The van der Waals surface area contributed by atoms with Gasteiger partial charge in [0.05, 0.1) is 19.8 Å². The van der Waals surface area contributed by atoms with Crippen LogP contribution < -0.4 is 0 Å². The maximum atomic E-state index is 10.7. The van der Waals surface area contributed by atoms with Gasteiger partial charge in [-0.15, -0.1) is 0 Å². The van der Waals surface area contributed by atoms with E-state index < -0.39 is 0 Å². The Kier molecular flexibility index (Phi) is 11.9. The van der Waals surface area contributed by atoms with Gasteiger partial charge in [-0.25, -0.2) is 0 Å². The minimum Gasteiger partial charge on any atom is -0.466 e. The van der Waals surface area contributed by atoms with E-state index in [1.807, 2.05) is 43.3 Å². The summed E-state index contributed by atoms with van der Waals surface area (Å²) in [6.45, 7) is 5.80. The van der Waals surface area contributed by atoms with Crippen molar-refractivity contribution in [1.29, 1.82) is 0 Å². The van der Waals surface area contributed by atoms with Gasteiger partial charge in [-0.05, 0) is 24.5 Å². The van der Waals surface area contributed by atoms with Gasteiger partial charge >= 0.3 is 5.97 Å². The highest BCUT2D eigenvalue weighted by atomic mass is 16.5. The van der Waals surface area contributed by atoms with Gasteiger partial charge in [-0.3, -0.25) is 4.79 Å². The maximum Gasteiger partial charge on any atom is 0.305 e. The molecule has 0 atom stereocenters. The second-order valence-corrected chi connectivity index (χ2v) is 5.73. The van der Waals surface area contributed by atoms with E-state index in [0.717, 1.165) is 19.3 Å². The molecule has 0 unspecified atom stereocenters. The van der Waals surface area contributed by atoms with Gasteiger partial charge in [0.15, 0.2) is 0 Å². The van der Waals surface area contributed by atoms with Gasteiger partial charge < -0.3 is 9.47 Å². The molecular formula is C22H30O3. The van der Waals surface area contributed by atoms with Crippen LogP contribution in [0.25, 0.3) is 0 Å². The minimum absolute atomic E-state index is 0.0593. The zero-order valence-electron chi connectivity index (χ0n) is 15.4. The van der Waals surface area contributed by atoms with Crippen molar-refractivity contribution in [3.63, 3.8) is 0 Å². The van der Waals surface area contributed by atoms with Crippen LogP contribution in [0, 0.1) is 0 Å². The summed E-state index contributed by atoms with van der Waals surface area (Å²) in [6.07, 6.45) is 3.83. The fraction of sp³-hybridized carbons (Fsp3) is 0.409. The third-order valence-electron chi connectivity index (χ3n) is 3.51. The van der Waals surface area contributed by atoms with E-state index in [9.17, 15) is 4.79 Å². The van der Waals surface area contributed by atoms with Crippen molar-refractivity contribution in [3.8, 4) is 0 Å². The van der Waals surface area contributed by atoms with Gasteiger partial charge in [0, 0.05) is 6.42 Å². The van der Waals surface area contributed by atoms with Crippen LogP contribution in [0.4, 0.5) is 0 Å². The van der Waals surface area contributed by atoms with Crippen molar-refractivity contribution < 1.29 is 14.3 Å². The Morgan fingerprint density at radius 3 is 1.76 bits per heavy atom. The Labute approximate surface area is 152 Å². The van der Waals surface area contributed by atoms with Crippen molar-refractivity contribution in [1.82, 2.24) is 0 Å². The Morgan fingerprint density at radius 2 is 1.32 bits per heavy atom. The average Bonchev–Trinajstić information content (AvgIpc) is 2.65. The number of ether oxygens (including phenoxy) is 2. The molecule has 0 aromatic heterocycles. The first-order valence-electron chi connectivity index (χ1n) is 9.07. The molecule has 2 aromatic carbocycles. The summed E-state index contributed by atoms with van der Waals surface area (Å²) in [6, 6.07) is 20.4. The molecule has 0 aliphatic heterocycles. The van der Waals surface area contributed by atoms with Gasteiger partial charge in [-0.1, -0.05) is 80.4 Å². The summed E-state index contributed by atoms with van der Waals surface area (Å²) < 4.78 is 10.4. The molecule has 136 valence electrons. The average molecular weight is 342 g/mol. The highest BCUT2D eigenvalue weighted by molar-refractivity contribution is 5.69. The molecule has 0 fully saturated rings. The Hall–Kier alpha value is -2.13. The second-order valence-electron chi connectivity index (χ2n) is 5.73. The third kappa shape index (κ3) is 11.1. The lowest BCUT2D eigenvalue weighted by Crippen LogP contribution is -2.02. The molecule has 0 radical (unpaired) electrons. The van der Waals surface area contributed by atoms with E-state index >= 15 is 0 Å². The summed E-state index contributed by atoms with van der Waals surface area (Å²) in [5.74, 6) is -0.0593. The molecule has 0 saturated carbocycles.